The van der Waals surface area contributed by atoms with Gasteiger partial charge in [-0.1, -0.05) is 12.1 Å². The van der Waals surface area contributed by atoms with Gasteiger partial charge in [0, 0.05) is 30.8 Å². The van der Waals surface area contributed by atoms with Crippen molar-refractivity contribution >= 4 is 27.8 Å². The summed E-state index contributed by atoms with van der Waals surface area (Å²) in [6.07, 6.45) is -4.84. The number of likely N-dealkylation sites (tertiary alicyclic amines) is 1. The van der Waals surface area contributed by atoms with Crippen LogP contribution >= 0.6 is 0 Å². The third-order valence-electron chi connectivity index (χ3n) is 8.55. The van der Waals surface area contributed by atoms with Crippen LogP contribution in [-0.4, -0.2) is 83.5 Å². The van der Waals surface area contributed by atoms with Crippen LogP contribution in [0.3, 0.4) is 0 Å². The summed E-state index contributed by atoms with van der Waals surface area (Å²) in [5.74, 6) is -4.16. The lowest BCUT2D eigenvalue weighted by molar-refractivity contribution is -0.992. The molecule has 2 fully saturated rings. The van der Waals surface area contributed by atoms with E-state index in [-0.39, 0.29) is 19.4 Å². The number of sulfonamides is 1. The van der Waals surface area contributed by atoms with Crippen LogP contribution in [0.2, 0.25) is 0 Å². The number of carbonyl (C=O) groups excluding carboxylic acids is 3. The molecule has 2 N–H and O–H groups in total. The van der Waals surface area contributed by atoms with E-state index in [1.807, 2.05) is 26.0 Å². The highest BCUT2D eigenvalue weighted by Gasteiger charge is 2.56. The van der Waals surface area contributed by atoms with Crippen LogP contribution in [0.1, 0.15) is 48.7 Å². The Morgan fingerprint density at radius 1 is 1.16 bits per heavy atom. The molecular weight excluding hydrogens is 621 g/mol. The van der Waals surface area contributed by atoms with E-state index in [0.29, 0.717) is 30.6 Å². The Kier molecular flexibility index (Phi) is 9.52. The second-order valence-corrected chi connectivity index (χ2v) is 13.9. The Labute approximate surface area is 258 Å². The first kappa shape index (κ1) is 34.1. The molecule has 2 unspecified atom stereocenters. The number of pyridine rings is 1. The van der Waals surface area contributed by atoms with Gasteiger partial charge in [0.2, 0.25) is 5.91 Å². The molecular formula is C29H36F3N4O8S+. The van der Waals surface area contributed by atoms with Gasteiger partial charge in [-0.25, -0.2) is 15.1 Å². The minimum atomic E-state index is -5.42. The number of hydroxylamine groups is 3. The topological polar surface area (TPSA) is 152 Å². The van der Waals surface area contributed by atoms with Crippen LogP contribution in [0.15, 0.2) is 36.4 Å². The summed E-state index contributed by atoms with van der Waals surface area (Å²) in [6.45, 7) is 4.80. The van der Waals surface area contributed by atoms with Crippen LogP contribution in [0, 0.1) is 19.8 Å². The number of nitrogens with one attached hydrogen (secondary N) is 1. The molecule has 4 rings (SSSR count). The van der Waals surface area contributed by atoms with Gasteiger partial charge in [-0.3, -0.25) is 19.8 Å². The zero-order valence-electron chi connectivity index (χ0n) is 25.3. The van der Waals surface area contributed by atoms with Crippen molar-refractivity contribution in [3.05, 3.63) is 58.9 Å². The highest BCUT2D eigenvalue weighted by Crippen LogP contribution is 2.40. The van der Waals surface area contributed by atoms with Gasteiger partial charge >= 0.3 is 22.2 Å². The quantitative estimate of drug-likeness (QED) is 0.236. The van der Waals surface area contributed by atoms with E-state index in [9.17, 15) is 41.2 Å². The predicted molar refractivity (Wildman–Crippen MR) is 152 cm³/mol. The Morgan fingerprint density at radius 3 is 2.24 bits per heavy atom. The van der Waals surface area contributed by atoms with E-state index in [1.54, 1.807) is 36.7 Å². The van der Waals surface area contributed by atoms with Crippen molar-refractivity contribution < 1.29 is 54.8 Å². The van der Waals surface area contributed by atoms with Crippen molar-refractivity contribution in [2.45, 2.75) is 64.3 Å². The highest BCUT2D eigenvalue weighted by molar-refractivity contribution is 7.85. The number of aryl methyl sites for hydroxylation is 2. The molecule has 12 nitrogen and oxygen atoms in total. The second-order valence-electron chi connectivity index (χ2n) is 11.8. The third-order valence-corrected chi connectivity index (χ3v) is 10.2. The Hall–Kier alpha value is -3.76. The average molecular weight is 658 g/mol. The standard InChI is InChI=1S/C29H35F3N4O8S/c1-18-15-20(16-19(2)33-18)17-43-23-7-5-22(6-8-23)28(3)11-12-35(26(28)38)24(25(37)34-40)21-9-13-36(14-10-21,45(4,41)42)44-27(39)29(30,31)32/h5-8,15-16,21,24H,9-14,17H2,1-4H3,(H-,34,37,40)/p+1. The molecule has 0 spiro atoms. The number of halogens is 3. The number of alkyl halides is 3. The molecule has 2 saturated heterocycles. The van der Waals surface area contributed by atoms with Gasteiger partial charge in [-0.05, 0) is 72.6 Å². The van der Waals surface area contributed by atoms with E-state index in [0.717, 1.165) is 17.0 Å². The number of ether oxygens (including phenoxy) is 1. The van der Waals surface area contributed by atoms with Crippen LogP contribution in [0.5, 0.6) is 5.75 Å². The summed E-state index contributed by atoms with van der Waals surface area (Å²) in [5, 5.41) is 9.51. The number of aromatic nitrogens is 1. The van der Waals surface area contributed by atoms with Crippen LogP contribution in [0.25, 0.3) is 0 Å². The van der Waals surface area contributed by atoms with Gasteiger partial charge in [0.05, 0.1) is 11.7 Å². The zero-order chi connectivity index (χ0) is 33.4. The number of piperidine rings is 1. The molecule has 2 amide bonds. The summed E-state index contributed by atoms with van der Waals surface area (Å²) in [5.41, 5.74) is 3.89. The van der Waals surface area contributed by atoms with E-state index in [4.69, 9.17) is 4.74 Å². The molecule has 0 bridgehead atoms. The van der Waals surface area contributed by atoms with Crippen molar-refractivity contribution in [2.75, 3.05) is 25.9 Å². The minimum Gasteiger partial charge on any atom is -0.489 e. The molecule has 1 aromatic carbocycles. The summed E-state index contributed by atoms with van der Waals surface area (Å²) in [4.78, 5) is 48.5. The van der Waals surface area contributed by atoms with Gasteiger partial charge in [-0.2, -0.15) is 21.6 Å². The number of rotatable bonds is 9. The van der Waals surface area contributed by atoms with Crippen LogP contribution in [0.4, 0.5) is 13.2 Å². The number of hydrogen-bond donors (Lipinski definition) is 2. The fourth-order valence-corrected chi connectivity index (χ4v) is 7.24. The molecule has 2 aromatic rings. The average Bonchev–Trinajstić information content (AvgIpc) is 3.26. The maximum absolute atomic E-state index is 13.9. The Morgan fingerprint density at radius 2 is 1.73 bits per heavy atom. The lowest BCUT2D eigenvalue weighted by Crippen LogP contribution is -2.61. The van der Waals surface area contributed by atoms with E-state index >= 15 is 0 Å². The molecule has 1 aromatic heterocycles. The molecule has 3 heterocycles. The second kappa shape index (κ2) is 12.6. The number of quaternary nitrogens is 1. The normalized spacial score (nSPS) is 24.7. The number of carbonyl (C=O) groups is 3. The van der Waals surface area contributed by atoms with Crippen molar-refractivity contribution in [2.24, 2.45) is 5.92 Å². The van der Waals surface area contributed by atoms with Gasteiger partial charge in [0.1, 0.15) is 31.5 Å². The molecule has 2 aliphatic rings. The van der Waals surface area contributed by atoms with Crippen molar-refractivity contribution in [1.29, 1.82) is 0 Å². The number of amides is 2. The minimum absolute atomic E-state index is 0.123. The fraction of sp³-hybridized carbons (Fsp3) is 0.517. The molecule has 0 radical (unpaired) electrons. The number of hydrogen-bond acceptors (Lipinski definition) is 9. The fourth-order valence-electron chi connectivity index (χ4n) is 6.16. The molecule has 246 valence electrons. The largest absolute Gasteiger partial charge is 0.497 e. The summed E-state index contributed by atoms with van der Waals surface area (Å²) >= 11 is 0. The Balaban J connectivity index is 1.49. The number of nitrogens with zero attached hydrogens (tertiary/aromatic N) is 3. The maximum Gasteiger partial charge on any atom is 0.497 e. The van der Waals surface area contributed by atoms with Gasteiger partial charge in [0.15, 0.2) is 0 Å². The zero-order valence-corrected chi connectivity index (χ0v) is 26.1. The van der Waals surface area contributed by atoms with E-state index in [2.05, 4.69) is 9.82 Å². The van der Waals surface area contributed by atoms with E-state index < -0.39 is 68.5 Å². The molecule has 0 saturated carbocycles. The SMILES string of the molecule is Cc1cc(COc2ccc(C3(C)CCN(C(C(=O)NO)C4CC[N+](OC(=O)C(F)(F)F)(S(C)(=O)=O)CC4)C3=O)cc2)cc(C)n1. The first-order valence-electron chi connectivity index (χ1n) is 14.2. The lowest BCUT2D eigenvalue weighted by atomic mass is 9.81. The first-order valence-corrected chi connectivity index (χ1v) is 16.1. The summed E-state index contributed by atoms with van der Waals surface area (Å²) in [6, 6.07) is 9.59. The van der Waals surface area contributed by atoms with Crippen molar-refractivity contribution in [1.82, 2.24) is 15.4 Å². The molecule has 16 heteroatoms. The molecule has 0 aliphatic carbocycles. The van der Waals surface area contributed by atoms with Gasteiger partial charge in [-0.15, -0.1) is 0 Å². The maximum atomic E-state index is 13.9. The highest BCUT2D eigenvalue weighted by atomic mass is 32.2. The summed E-state index contributed by atoms with van der Waals surface area (Å²) in [7, 11) is -4.38. The molecule has 2 aliphatic heterocycles. The molecule has 2 atom stereocenters. The monoisotopic (exact) mass is 657 g/mol. The lowest BCUT2D eigenvalue weighted by Gasteiger charge is -2.41. The van der Waals surface area contributed by atoms with Gasteiger partial charge in [0.25, 0.3) is 5.91 Å². The Bertz CT molecular complexity index is 1540. The summed E-state index contributed by atoms with van der Waals surface area (Å²) < 4.78 is 68.0. The smallest absolute Gasteiger partial charge is 0.489 e. The van der Waals surface area contributed by atoms with Crippen LogP contribution in [-0.2, 0) is 41.3 Å². The number of benzene rings is 1. The van der Waals surface area contributed by atoms with Crippen LogP contribution < -0.4 is 10.2 Å². The predicted octanol–water partition coefficient (Wildman–Crippen LogP) is 2.85. The van der Waals surface area contributed by atoms with E-state index in [1.165, 1.54) is 4.90 Å². The van der Waals surface area contributed by atoms with Crippen molar-refractivity contribution in [3.8, 4) is 5.75 Å². The van der Waals surface area contributed by atoms with Crippen molar-refractivity contribution in [3.63, 3.8) is 0 Å². The van der Waals surface area contributed by atoms with Gasteiger partial charge < -0.3 is 9.64 Å². The first-order chi connectivity index (χ1) is 20.9. The molecule has 45 heavy (non-hydrogen) atoms. The third kappa shape index (κ3) is 7.07.